The summed E-state index contributed by atoms with van der Waals surface area (Å²) >= 11 is 0. The number of aromatic hydroxyl groups is 1. The highest BCUT2D eigenvalue weighted by Crippen LogP contribution is 2.39. The van der Waals surface area contributed by atoms with Crippen LogP contribution in [-0.2, 0) is 4.79 Å². The summed E-state index contributed by atoms with van der Waals surface area (Å²) in [4.78, 5) is 38.6. The minimum Gasteiger partial charge on any atom is -0.507 e. The number of hydrogen-bond acceptors (Lipinski definition) is 9. The standard InChI is InChI=1S/C39H28N6O4/c1-24(39(47)48)49-34-21-33(46)31(37-42-22-40-35(44-37)29-16-12-27(13-17-29)25-8-4-2-5-9-25)20-32(34)38-43-23-41-36(45-38)30-18-14-28(15-19-30)26-10-6-3-7-11-26/h2-24,46H,1H3,(H,47,48). The molecule has 5 aromatic carbocycles. The van der Waals surface area contributed by atoms with Crippen molar-refractivity contribution in [2.45, 2.75) is 13.0 Å². The molecule has 0 saturated heterocycles. The Kier molecular flexibility index (Phi) is 8.49. The van der Waals surface area contributed by atoms with Crippen molar-refractivity contribution >= 4 is 5.97 Å². The molecule has 10 nitrogen and oxygen atoms in total. The van der Waals surface area contributed by atoms with Gasteiger partial charge in [0, 0.05) is 17.2 Å². The molecule has 0 spiro atoms. The van der Waals surface area contributed by atoms with Crippen molar-refractivity contribution in [3.8, 4) is 79.3 Å². The average Bonchev–Trinajstić information content (AvgIpc) is 3.16. The fourth-order valence-corrected chi connectivity index (χ4v) is 5.28. The quantitative estimate of drug-likeness (QED) is 0.161. The summed E-state index contributed by atoms with van der Waals surface area (Å²) in [5.41, 5.74) is 6.36. The van der Waals surface area contributed by atoms with Crippen molar-refractivity contribution in [1.29, 1.82) is 0 Å². The Bertz CT molecular complexity index is 2250. The van der Waals surface area contributed by atoms with Gasteiger partial charge in [-0.3, -0.25) is 0 Å². The van der Waals surface area contributed by atoms with E-state index in [1.807, 2.05) is 109 Å². The minimum atomic E-state index is -1.22. The molecule has 0 aliphatic carbocycles. The molecule has 0 amide bonds. The van der Waals surface area contributed by atoms with E-state index in [4.69, 9.17) is 9.72 Å². The molecule has 2 heterocycles. The van der Waals surface area contributed by atoms with Crippen molar-refractivity contribution in [2.75, 3.05) is 0 Å². The minimum absolute atomic E-state index is 0.0681. The van der Waals surface area contributed by atoms with Crippen LogP contribution in [0.4, 0.5) is 0 Å². The predicted molar refractivity (Wildman–Crippen MR) is 185 cm³/mol. The van der Waals surface area contributed by atoms with Gasteiger partial charge in [0.15, 0.2) is 29.4 Å². The maximum Gasteiger partial charge on any atom is 0.344 e. The smallest absolute Gasteiger partial charge is 0.344 e. The predicted octanol–water partition coefficient (Wildman–Crippen LogP) is 7.62. The highest BCUT2D eigenvalue weighted by atomic mass is 16.5. The Balaban J connectivity index is 1.26. The van der Waals surface area contributed by atoms with Crippen molar-refractivity contribution in [3.05, 3.63) is 134 Å². The monoisotopic (exact) mass is 644 g/mol. The van der Waals surface area contributed by atoms with Gasteiger partial charge in [-0.1, -0.05) is 109 Å². The van der Waals surface area contributed by atoms with Crippen molar-refractivity contribution < 1.29 is 19.7 Å². The highest BCUT2D eigenvalue weighted by molar-refractivity contribution is 5.79. The fourth-order valence-electron chi connectivity index (χ4n) is 5.28. The van der Waals surface area contributed by atoms with Gasteiger partial charge in [0.05, 0.1) is 11.1 Å². The number of phenolic OH excluding ortho intramolecular Hbond substituents is 1. The molecule has 0 radical (unpaired) electrons. The van der Waals surface area contributed by atoms with E-state index in [-0.39, 0.29) is 28.7 Å². The number of ether oxygens (including phenoxy) is 1. The van der Waals surface area contributed by atoms with Gasteiger partial charge in [0.1, 0.15) is 24.2 Å². The topological polar surface area (TPSA) is 144 Å². The number of hydrogen-bond donors (Lipinski definition) is 2. The first-order valence-corrected chi connectivity index (χ1v) is 15.4. The van der Waals surface area contributed by atoms with Gasteiger partial charge in [0.2, 0.25) is 0 Å². The van der Waals surface area contributed by atoms with Crippen LogP contribution in [-0.4, -0.2) is 52.2 Å². The summed E-state index contributed by atoms with van der Waals surface area (Å²) in [6.07, 6.45) is 1.53. The molecule has 238 valence electrons. The van der Waals surface area contributed by atoms with Crippen LogP contribution >= 0.6 is 0 Å². The molecule has 0 bridgehead atoms. The lowest BCUT2D eigenvalue weighted by Gasteiger charge is -2.16. The number of aliphatic carboxylic acids is 1. The molecule has 2 aromatic heterocycles. The second kappa shape index (κ2) is 13.5. The van der Waals surface area contributed by atoms with E-state index in [1.54, 1.807) is 6.07 Å². The highest BCUT2D eigenvalue weighted by Gasteiger charge is 2.22. The van der Waals surface area contributed by atoms with Gasteiger partial charge < -0.3 is 14.9 Å². The number of nitrogens with zero attached hydrogens (tertiary/aromatic N) is 6. The Hall–Kier alpha value is -6.81. The van der Waals surface area contributed by atoms with Gasteiger partial charge in [-0.25, -0.2) is 34.7 Å². The van der Waals surface area contributed by atoms with Crippen LogP contribution in [0.15, 0.2) is 134 Å². The number of carbonyl (C=O) groups is 1. The number of benzene rings is 5. The maximum absolute atomic E-state index is 11.7. The largest absolute Gasteiger partial charge is 0.507 e. The maximum atomic E-state index is 11.7. The van der Waals surface area contributed by atoms with E-state index in [2.05, 4.69) is 24.9 Å². The summed E-state index contributed by atoms with van der Waals surface area (Å²) in [5, 5.41) is 20.7. The number of carboxylic acids is 1. The number of aromatic nitrogens is 6. The first-order chi connectivity index (χ1) is 23.9. The first-order valence-electron chi connectivity index (χ1n) is 15.4. The molecule has 7 aromatic rings. The SMILES string of the molecule is CC(Oc1cc(O)c(-c2ncnc(-c3ccc(-c4ccccc4)cc3)n2)cc1-c1ncnc(-c2ccc(-c3ccccc3)cc2)n1)C(=O)O. The van der Waals surface area contributed by atoms with Gasteiger partial charge in [-0.05, 0) is 35.2 Å². The Morgan fingerprint density at radius 2 is 0.959 bits per heavy atom. The molecule has 7 rings (SSSR count). The molecule has 0 saturated carbocycles. The van der Waals surface area contributed by atoms with Crippen LogP contribution in [0.1, 0.15) is 6.92 Å². The van der Waals surface area contributed by atoms with E-state index in [9.17, 15) is 15.0 Å². The second-order valence-electron chi connectivity index (χ2n) is 11.1. The van der Waals surface area contributed by atoms with Gasteiger partial charge in [-0.2, -0.15) is 0 Å². The zero-order chi connectivity index (χ0) is 33.7. The van der Waals surface area contributed by atoms with Crippen LogP contribution in [0, 0.1) is 0 Å². The molecule has 0 aliphatic heterocycles. The van der Waals surface area contributed by atoms with Crippen molar-refractivity contribution in [3.63, 3.8) is 0 Å². The fraction of sp³-hybridized carbons (Fsp3) is 0.0513. The van der Waals surface area contributed by atoms with Gasteiger partial charge >= 0.3 is 5.97 Å². The van der Waals surface area contributed by atoms with Crippen molar-refractivity contribution in [1.82, 2.24) is 29.9 Å². The van der Waals surface area contributed by atoms with Crippen molar-refractivity contribution in [2.24, 2.45) is 0 Å². The van der Waals surface area contributed by atoms with E-state index in [1.165, 1.54) is 25.6 Å². The molecule has 2 N–H and O–H groups in total. The third kappa shape index (κ3) is 6.70. The number of carboxylic acid groups (broad SMARTS) is 1. The van der Waals surface area contributed by atoms with Crippen LogP contribution in [0.5, 0.6) is 11.5 Å². The van der Waals surface area contributed by atoms with Crippen LogP contribution < -0.4 is 4.74 Å². The van der Waals surface area contributed by atoms with Crippen LogP contribution in [0.25, 0.3) is 67.8 Å². The average molecular weight is 645 g/mol. The normalized spacial score (nSPS) is 11.5. The lowest BCUT2D eigenvalue weighted by Crippen LogP contribution is -2.23. The van der Waals surface area contributed by atoms with Crippen LogP contribution in [0.3, 0.4) is 0 Å². The second-order valence-corrected chi connectivity index (χ2v) is 11.1. The van der Waals surface area contributed by atoms with E-state index >= 15 is 0 Å². The summed E-state index contributed by atoms with van der Waals surface area (Å²) in [5.74, 6) is -0.122. The Morgan fingerprint density at radius 1 is 0.551 bits per heavy atom. The Morgan fingerprint density at radius 3 is 1.43 bits per heavy atom. The molecule has 1 atom stereocenters. The third-order valence-electron chi connectivity index (χ3n) is 7.88. The third-order valence-corrected chi connectivity index (χ3v) is 7.88. The molecule has 49 heavy (non-hydrogen) atoms. The molecule has 0 fully saturated rings. The molecule has 1 unspecified atom stereocenters. The molecule has 0 aliphatic rings. The summed E-state index contributed by atoms with van der Waals surface area (Å²) in [6.45, 7) is 1.39. The van der Waals surface area contributed by atoms with Gasteiger partial charge in [0.25, 0.3) is 0 Å². The van der Waals surface area contributed by atoms with E-state index in [0.717, 1.165) is 33.4 Å². The number of rotatable bonds is 9. The zero-order valence-corrected chi connectivity index (χ0v) is 26.2. The lowest BCUT2D eigenvalue weighted by molar-refractivity contribution is -0.144. The lowest BCUT2D eigenvalue weighted by atomic mass is 10.0. The molecule has 10 heteroatoms. The molecular formula is C39H28N6O4. The van der Waals surface area contributed by atoms with E-state index < -0.39 is 12.1 Å². The number of phenols is 1. The first kappa shape index (κ1) is 30.8. The summed E-state index contributed by atoms with van der Waals surface area (Å²) in [7, 11) is 0. The van der Waals surface area contributed by atoms with Crippen LogP contribution in [0.2, 0.25) is 0 Å². The summed E-state index contributed by atoms with van der Waals surface area (Å²) in [6, 6.07) is 38.6. The molecular weight excluding hydrogens is 616 g/mol. The summed E-state index contributed by atoms with van der Waals surface area (Å²) < 4.78 is 5.77. The zero-order valence-electron chi connectivity index (χ0n) is 26.2. The van der Waals surface area contributed by atoms with E-state index in [0.29, 0.717) is 17.2 Å². The van der Waals surface area contributed by atoms with Gasteiger partial charge in [-0.15, -0.1) is 0 Å². The Labute approximate surface area is 281 Å².